The van der Waals surface area contributed by atoms with E-state index in [1.165, 1.54) is 12.7 Å². The summed E-state index contributed by atoms with van der Waals surface area (Å²) >= 11 is 0. The highest BCUT2D eigenvalue weighted by atomic mass is 16.6. The first-order chi connectivity index (χ1) is 13.0. The van der Waals surface area contributed by atoms with E-state index in [4.69, 9.17) is 4.74 Å². The van der Waals surface area contributed by atoms with Gasteiger partial charge in [0.25, 0.3) is 0 Å². The summed E-state index contributed by atoms with van der Waals surface area (Å²) in [7, 11) is 3.33. The van der Waals surface area contributed by atoms with Crippen LogP contribution in [0.25, 0.3) is 0 Å². The first-order valence-corrected chi connectivity index (χ1v) is 9.02. The van der Waals surface area contributed by atoms with Gasteiger partial charge in [-0.25, -0.2) is 9.48 Å². The van der Waals surface area contributed by atoms with E-state index >= 15 is 0 Å². The summed E-state index contributed by atoms with van der Waals surface area (Å²) in [6.07, 6.45) is 0.514. The number of benzene rings is 1. The predicted octanol–water partition coefficient (Wildman–Crippen LogP) is 0.642. The van der Waals surface area contributed by atoms with Gasteiger partial charge in [-0.05, 0) is 26.0 Å². The fourth-order valence-electron chi connectivity index (χ4n) is 3.12. The van der Waals surface area contributed by atoms with E-state index in [0.717, 1.165) is 12.1 Å². The zero-order chi connectivity index (χ0) is 19.4. The quantitative estimate of drug-likeness (QED) is 0.678. The van der Waals surface area contributed by atoms with E-state index in [9.17, 15) is 9.90 Å². The third-order valence-electron chi connectivity index (χ3n) is 4.94. The fourth-order valence-corrected chi connectivity index (χ4v) is 3.12. The standard InChI is InChI=1S/C19H26N4O4/c1-13(9-14-7-5-4-6-8-14)22(2)10-15-11-23(21-20-15)12-16-17(24)18(27-16)19(25)26-3/h4-8,11,13,16-18,24H,9-10,12H2,1-3H3/t13?,16-,17-,18-/m1/s1. The van der Waals surface area contributed by atoms with Crippen LogP contribution in [0, 0.1) is 0 Å². The Morgan fingerprint density at radius 3 is 2.81 bits per heavy atom. The molecule has 0 radical (unpaired) electrons. The summed E-state index contributed by atoms with van der Waals surface area (Å²) in [5.74, 6) is -0.563. The van der Waals surface area contributed by atoms with Gasteiger partial charge in [-0.15, -0.1) is 5.10 Å². The molecule has 3 rings (SSSR count). The lowest BCUT2D eigenvalue weighted by atomic mass is 10.0. The summed E-state index contributed by atoms with van der Waals surface area (Å²) in [6.45, 7) is 3.20. The van der Waals surface area contributed by atoms with Crippen LogP contribution in [0.1, 0.15) is 18.2 Å². The van der Waals surface area contributed by atoms with E-state index in [-0.39, 0.29) is 0 Å². The van der Waals surface area contributed by atoms with Gasteiger partial charge < -0.3 is 14.6 Å². The maximum Gasteiger partial charge on any atom is 0.337 e. The number of aliphatic hydroxyl groups excluding tert-OH is 1. The molecule has 8 heteroatoms. The Hall–Kier alpha value is -2.29. The zero-order valence-corrected chi connectivity index (χ0v) is 15.9. The van der Waals surface area contributed by atoms with Crippen LogP contribution in [0.2, 0.25) is 0 Å². The Balaban J connectivity index is 1.48. The molecule has 1 aliphatic rings. The normalized spacial score (nSPS) is 23.1. The molecule has 8 nitrogen and oxygen atoms in total. The van der Waals surface area contributed by atoms with Gasteiger partial charge in [0.15, 0.2) is 6.10 Å². The predicted molar refractivity (Wildman–Crippen MR) is 97.8 cm³/mol. The molecule has 2 heterocycles. The van der Waals surface area contributed by atoms with Crippen molar-refractivity contribution in [3.63, 3.8) is 0 Å². The molecule has 0 spiro atoms. The number of ether oxygens (including phenoxy) is 2. The van der Waals surface area contributed by atoms with Gasteiger partial charge in [0.1, 0.15) is 12.2 Å². The number of aliphatic hydroxyl groups is 1. The number of esters is 1. The highest BCUT2D eigenvalue weighted by Crippen LogP contribution is 2.24. The summed E-state index contributed by atoms with van der Waals surface area (Å²) in [6, 6.07) is 10.7. The first kappa shape index (κ1) is 19.5. The lowest BCUT2D eigenvalue weighted by Gasteiger charge is -2.39. The minimum absolute atomic E-state index is 0.338. The average molecular weight is 374 g/mol. The molecule has 146 valence electrons. The number of hydrogen-bond donors (Lipinski definition) is 1. The maximum atomic E-state index is 11.4. The van der Waals surface area contributed by atoms with Gasteiger partial charge in [-0.3, -0.25) is 4.90 Å². The van der Waals surface area contributed by atoms with Crippen LogP contribution in [0.15, 0.2) is 36.5 Å². The average Bonchev–Trinajstić information content (AvgIpc) is 3.11. The Bertz CT molecular complexity index is 751. The molecule has 0 aliphatic carbocycles. The van der Waals surface area contributed by atoms with Crippen LogP contribution in [0.4, 0.5) is 0 Å². The van der Waals surface area contributed by atoms with Gasteiger partial charge in [-0.2, -0.15) is 0 Å². The van der Waals surface area contributed by atoms with Gasteiger partial charge in [0.2, 0.25) is 0 Å². The highest BCUT2D eigenvalue weighted by Gasteiger charge is 2.46. The van der Waals surface area contributed by atoms with E-state index in [0.29, 0.717) is 19.1 Å². The van der Waals surface area contributed by atoms with Crippen LogP contribution < -0.4 is 0 Å². The van der Waals surface area contributed by atoms with Crippen molar-refractivity contribution in [2.24, 2.45) is 0 Å². The van der Waals surface area contributed by atoms with Crippen LogP contribution in [-0.4, -0.2) is 69.5 Å². The minimum atomic E-state index is -0.909. The number of aromatic nitrogens is 3. The third kappa shape index (κ3) is 4.71. The molecule has 1 aromatic heterocycles. The molecular weight excluding hydrogens is 348 g/mol. The molecule has 4 atom stereocenters. The van der Waals surface area contributed by atoms with Crippen molar-refractivity contribution in [3.8, 4) is 0 Å². The molecular formula is C19H26N4O4. The van der Waals surface area contributed by atoms with Gasteiger partial charge in [0.05, 0.1) is 19.3 Å². The summed E-state index contributed by atoms with van der Waals surface area (Å²) in [5, 5.41) is 18.3. The van der Waals surface area contributed by atoms with Crippen molar-refractivity contribution in [2.45, 2.75) is 50.8 Å². The van der Waals surface area contributed by atoms with Gasteiger partial charge >= 0.3 is 5.97 Å². The number of methoxy groups -OCH3 is 1. The number of carbonyl (C=O) groups excluding carboxylic acids is 1. The van der Waals surface area contributed by atoms with Crippen molar-refractivity contribution in [1.82, 2.24) is 19.9 Å². The summed E-state index contributed by atoms with van der Waals surface area (Å²) < 4.78 is 11.6. The smallest absolute Gasteiger partial charge is 0.337 e. The van der Waals surface area contributed by atoms with Crippen molar-refractivity contribution < 1.29 is 19.4 Å². The molecule has 0 amide bonds. The van der Waals surface area contributed by atoms with Crippen LogP contribution in [0.3, 0.4) is 0 Å². The zero-order valence-electron chi connectivity index (χ0n) is 15.9. The number of nitrogens with zero attached hydrogens (tertiary/aromatic N) is 4. The van der Waals surface area contributed by atoms with E-state index in [1.807, 2.05) is 12.3 Å². The first-order valence-electron chi connectivity index (χ1n) is 9.02. The second-order valence-electron chi connectivity index (χ2n) is 6.99. The Morgan fingerprint density at radius 2 is 2.15 bits per heavy atom. The Morgan fingerprint density at radius 1 is 1.41 bits per heavy atom. The largest absolute Gasteiger partial charge is 0.467 e. The van der Waals surface area contributed by atoms with Crippen molar-refractivity contribution in [1.29, 1.82) is 0 Å². The number of hydrogen-bond acceptors (Lipinski definition) is 7. The molecule has 27 heavy (non-hydrogen) atoms. The summed E-state index contributed by atoms with van der Waals surface area (Å²) in [5.41, 5.74) is 2.15. The molecule has 1 N–H and O–H groups in total. The Labute approximate surface area is 158 Å². The second kappa shape index (κ2) is 8.60. The van der Waals surface area contributed by atoms with Gasteiger partial charge in [-0.1, -0.05) is 35.5 Å². The van der Waals surface area contributed by atoms with Crippen molar-refractivity contribution in [3.05, 3.63) is 47.8 Å². The number of rotatable bonds is 8. The Kier molecular flexibility index (Phi) is 6.20. The molecule has 1 aliphatic heterocycles. The van der Waals surface area contributed by atoms with Crippen LogP contribution in [-0.2, 0) is 33.8 Å². The monoisotopic (exact) mass is 374 g/mol. The van der Waals surface area contributed by atoms with E-state index < -0.39 is 24.3 Å². The van der Waals surface area contributed by atoms with Crippen LogP contribution >= 0.6 is 0 Å². The van der Waals surface area contributed by atoms with Crippen LogP contribution in [0.5, 0.6) is 0 Å². The van der Waals surface area contributed by atoms with Crippen molar-refractivity contribution >= 4 is 5.97 Å². The molecule has 2 aromatic rings. The van der Waals surface area contributed by atoms with Gasteiger partial charge in [0, 0.05) is 18.8 Å². The number of likely N-dealkylation sites (N-methyl/N-ethyl adjacent to an activating group) is 1. The maximum absolute atomic E-state index is 11.4. The molecule has 1 saturated heterocycles. The van der Waals surface area contributed by atoms with Crippen molar-refractivity contribution in [2.75, 3.05) is 14.2 Å². The minimum Gasteiger partial charge on any atom is -0.467 e. The highest BCUT2D eigenvalue weighted by molar-refractivity contribution is 5.76. The van der Waals surface area contributed by atoms with E-state index in [2.05, 4.69) is 58.2 Å². The fraction of sp³-hybridized carbons (Fsp3) is 0.526. The molecule has 0 saturated carbocycles. The number of carbonyl (C=O) groups is 1. The molecule has 0 bridgehead atoms. The molecule has 1 aromatic carbocycles. The van der Waals surface area contributed by atoms with E-state index in [1.54, 1.807) is 4.68 Å². The molecule has 1 fully saturated rings. The second-order valence-corrected chi connectivity index (χ2v) is 6.99. The third-order valence-corrected chi connectivity index (χ3v) is 4.94. The topological polar surface area (TPSA) is 89.7 Å². The SMILES string of the molecule is COC(=O)[C@@H]1O[C@H](Cn2cc(CN(C)C(C)Cc3ccccc3)nn2)[C@H]1O. The lowest BCUT2D eigenvalue weighted by Crippen LogP contribution is -2.59. The summed E-state index contributed by atoms with van der Waals surface area (Å²) in [4.78, 5) is 13.6. The lowest BCUT2D eigenvalue weighted by molar-refractivity contribution is -0.235. The molecule has 1 unspecified atom stereocenters.